The molecule has 7 atom stereocenters. The maximum Gasteiger partial charge on any atom is 0.220 e. The van der Waals surface area contributed by atoms with Crippen molar-refractivity contribution < 1.29 is 9.53 Å². The van der Waals surface area contributed by atoms with E-state index in [-0.39, 0.29) is 23.2 Å². The average Bonchev–Trinajstić information content (AvgIpc) is 3.15. The van der Waals surface area contributed by atoms with Crippen LogP contribution in [0.3, 0.4) is 0 Å². The van der Waals surface area contributed by atoms with Crippen molar-refractivity contribution in [3.63, 3.8) is 0 Å². The number of nitrogens with one attached hydrogen (secondary N) is 1. The third-order valence-corrected chi connectivity index (χ3v) is 8.29. The van der Waals surface area contributed by atoms with Gasteiger partial charge in [-0.05, 0) is 75.0 Å². The number of amides is 1. The fourth-order valence-corrected chi connectivity index (χ4v) is 6.90. The molecule has 1 amide bonds. The molecule has 142 valence electrons. The highest BCUT2D eigenvalue weighted by Crippen LogP contribution is 2.60. The molecule has 0 aromatic carbocycles. The molecule has 2 aliphatic heterocycles. The summed E-state index contributed by atoms with van der Waals surface area (Å²) in [7, 11) is 0. The topological polar surface area (TPSA) is 69.0 Å². The van der Waals surface area contributed by atoms with Crippen LogP contribution in [0.4, 0.5) is 0 Å². The first-order valence-electron chi connectivity index (χ1n) is 10.3. The average molecular weight is 358 g/mol. The molecule has 2 saturated heterocycles. The fourth-order valence-electron chi connectivity index (χ4n) is 6.90. The van der Waals surface area contributed by atoms with E-state index in [0.717, 1.165) is 31.6 Å². The monoisotopic (exact) mass is 358 g/mol. The van der Waals surface area contributed by atoms with Gasteiger partial charge < -0.3 is 10.1 Å². The van der Waals surface area contributed by atoms with E-state index in [0.29, 0.717) is 24.3 Å². The number of aromatic nitrogens is 3. The van der Waals surface area contributed by atoms with E-state index in [1.54, 1.807) is 12.7 Å². The Morgan fingerprint density at radius 3 is 2.85 bits per heavy atom. The van der Waals surface area contributed by atoms with Gasteiger partial charge in [0.15, 0.2) is 6.23 Å². The van der Waals surface area contributed by atoms with Crippen LogP contribution in [0.15, 0.2) is 12.7 Å². The lowest BCUT2D eigenvalue weighted by Gasteiger charge is -2.62. The van der Waals surface area contributed by atoms with Gasteiger partial charge in [-0.25, -0.2) is 9.67 Å². The highest BCUT2D eigenvalue weighted by Gasteiger charge is 2.58. The van der Waals surface area contributed by atoms with Crippen LogP contribution in [0.2, 0.25) is 0 Å². The molecule has 0 bridgehead atoms. The Bertz CT molecular complexity index is 692. The van der Waals surface area contributed by atoms with Crippen molar-refractivity contribution in [1.82, 2.24) is 20.1 Å². The van der Waals surface area contributed by atoms with Gasteiger partial charge in [-0.2, -0.15) is 5.10 Å². The Labute approximate surface area is 155 Å². The Morgan fingerprint density at radius 1 is 1.15 bits per heavy atom. The second-order valence-corrected chi connectivity index (χ2v) is 9.46. The number of nitrogens with zero attached hydrogens (tertiary/aromatic N) is 3. The Hall–Kier alpha value is -1.43. The molecule has 6 heteroatoms. The minimum absolute atomic E-state index is 0.0243. The van der Waals surface area contributed by atoms with Gasteiger partial charge in [0.1, 0.15) is 12.7 Å². The van der Waals surface area contributed by atoms with Crippen molar-refractivity contribution in [2.45, 2.75) is 83.1 Å². The lowest BCUT2D eigenvalue weighted by atomic mass is 9.48. The molecule has 6 nitrogen and oxygen atoms in total. The number of carbonyl (C=O) groups is 1. The molecule has 1 aromatic heterocycles. The lowest BCUT2D eigenvalue weighted by Crippen LogP contribution is -2.63. The quantitative estimate of drug-likeness (QED) is 0.838. The predicted octanol–water partition coefficient (Wildman–Crippen LogP) is 3.07. The van der Waals surface area contributed by atoms with Crippen molar-refractivity contribution >= 4 is 5.91 Å². The Morgan fingerprint density at radius 2 is 2.04 bits per heavy atom. The van der Waals surface area contributed by atoms with Crippen molar-refractivity contribution in [3.8, 4) is 0 Å². The summed E-state index contributed by atoms with van der Waals surface area (Å²) in [6.45, 7) is 4.77. The van der Waals surface area contributed by atoms with Crippen LogP contribution in [0.1, 0.15) is 71.4 Å². The predicted molar refractivity (Wildman–Crippen MR) is 96.0 cm³/mol. The lowest BCUT2D eigenvalue weighted by molar-refractivity contribution is -0.234. The molecule has 0 radical (unpaired) electrons. The van der Waals surface area contributed by atoms with Crippen LogP contribution in [-0.4, -0.2) is 32.3 Å². The van der Waals surface area contributed by atoms with Gasteiger partial charge in [-0.15, -0.1) is 0 Å². The Balaban J connectivity index is 1.39. The van der Waals surface area contributed by atoms with E-state index in [4.69, 9.17) is 4.74 Å². The van der Waals surface area contributed by atoms with Crippen LogP contribution in [0.5, 0.6) is 0 Å². The highest BCUT2D eigenvalue weighted by molar-refractivity contribution is 5.77. The van der Waals surface area contributed by atoms with Gasteiger partial charge in [0.05, 0.1) is 5.60 Å². The van der Waals surface area contributed by atoms with E-state index >= 15 is 0 Å². The Kier molecular flexibility index (Phi) is 3.72. The summed E-state index contributed by atoms with van der Waals surface area (Å²) >= 11 is 0. The van der Waals surface area contributed by atoms with E-state index in [9.17, 15) is 4.79 Å². The van der Waals surface area contributed by atoms with Gasteiger partial charge in [-0.3, -0.25) is 4.79 Å². The second-order valence-electron chi connectivity index (χ2n) is 9.46. The van der Waals surface area contributed by atoms with Gasteiger partial charge in [0.2, 0.25) is 5.91 Å². The van der Waals surface area contributed by atoms with Crippen molar-refractivity contribution in [2.24, 2.45) is 23.2 Å². The standard InChI is InChI=1S/C20H30N4O2/c1-19-9-8-17(25)23-16(19)5-3-13-14(19)7-10-20(2)15(13)4-6-18(26-20)24-12-21-11-22-24/h11-16,18H,3-10H2,1-2H3,(H,23,25)/t13-,14+,15+,16-,18+,19-,20+/m1/s1. The molecular formula is C20H30N4O2. The van der Waals surface area contributed by atoms with Crippen LogP contribution in [0.25, 0.3) is 0 Å². The fraction of sp³-hybridized carbons (Fsp3) is 0.850. The number of piperidine rings is 1. The van der Waals surface area contributed by atoms with Crippen LogP contribution < -0.4 is 5.32 Å². The number of rotatable bonds is 1. The second kappa shape index (κ2) is 5.78. The first kappa shape index (κ1) is 16.7. The van der Waals surface area contributed by atoms with E-state index in [1.165, 1.54) is 19.3 Å². The molecule has 0 spiro atoms. The van der Waals surface area contributed by atoms with Gasteiger partial charge in [0.25, 0.3) is 0 Å². The highest BCUT2D eigenvalue weighted by atomic mass is 16.5. The van der Waals surface area contributed by atoms with Crippen molar-refractivity contribution in [1.29, 1.82) is 0 Å². The minimum Gasteiger partial charge on any atom is -0.353 e. The number of hydrogen-bond acceptors (Lipinski definition) is 4. The first-order chi connectivity index (χ1) is 12.5. The summed E-state index contributed by atoms with van der Waals surface area (Å²) in [6.07, 6.45) is 12.0. The molecule has 4 aliphatic rings. The zero-order valence-electron chi connectivity index (χ0n) is 15.9. The van der Waals surface area contributed by atoms with Gasteiger partial charge in [0, 0.05) is 12.5 Å². The summed E-state index contributed by atoms with van der Waals surface area (Å²) < 4.78 is 8.53. The van der Waals surface area contributed by atoms with Crippen LogP contribution in [-0.2, 0) is 9.53 Å². The van der Waals surface area contributed by atoms with Crippen molar-refractivity contribution in [2.75, 3.05) is 0 Å². The largest absolute Gasteiger partial charge is 0.353 e. The van der Waals surface area contributed by atoms with Gasteiger partial charge >= 0.3 is 0 Å². The third kappa shape index (κ3) is 2.37. The zero-order valence-corrected chi connectivity index (χ0v) is 15.9. The normalized spacial score (nSPS) is 48.1. The first-order valence-corrected chi connectivity index (χ1v) is 10.3. The number of ether oxygens (including phenoxy) is 1. The molecule has 2 aliphatic carbocycles. The zero-order chi connectivity index (χ0) is 17.9. The van der Waals surface area contributed by atoms with Crippen molar-refractivity contribution in [3.05, 3.63) is 12.7 Å². The smallest absolute Gasteiger partial charge is 0.220 e. The van der Waals surface area contributed by atoms with Crippen LogP contribution >= 0.6 is 0 Å². The molecule has 5 rings (SSSR count). The summed E-state index contributed by atoms with van der Waals surface area (Å²) in [6, 6.07) is 0.377. The molecule has 1 N–H and O–H groups in total. The van der Waals surface area contributed by atoms with E-state index in [2.05, 4.69) is 29.2 Å². The molecule has 26 heavy (non-hydrogen) atoms. The number of fused-ring (bicyclic) bond motifs is 5. The third-order valence-electron chi connectivity index (χ3n) is 8.29. The molecule has 4 fully saturated rings. The molecule has 0 unspecified atom stereocenters. The SMILES string of the molecule is C[C@]12CCC(=O)N[C@@H]1CC[C@@H]1[C@@H]2CC[C@]2(C)O[C@H](n3cncn3)CC[C@@H]12. The molecular weight excluding hydrogens is 328 g/mol. The van der Waals surface area contributed by atoms with E-state index < -0.39 is 0 Å². The van der Waals surface area contributed by atoms with E-state index in [1.807, 2.05) is 4.68 Å². The maximum atomic E-state index is 11.9. The maximum absolute atomic E-state index is 11.9. The molecule has 3 heterocycles. The van der Waals surface area contributed by atoms with Gasteiger partial charge in [-0.1, -0.05) is 6.92 Å². The molecule has 2 saturated carbocycles. The number of hydrogen-bond donors (Lipinski definition) is 1. The summed E-state index contributed by atoms with van der Waals surface area (Å²) in [5, 5.41) is 7.61. The number of carbonyl (C=O) groups excluding carboxylic acids is 1. The minimum atomic E-state index is -0.0584. The van der Waals surface area contributed by atoms with Crippen LogP contribution in [0, 0.1) is 23.2 Å². The summed E-state index contributed by atoms with van der Waals surface area (Å²) in [5.41, 5.74) is 0.206. The summed E-state index contributed by atoms with van der Waals surface area (Å²) in [4.78, 5) is 16.0. The summed E-state index contributed by atoms with van der Waals surface area (Å²) in [5.74, 6) is 2.31. The molecule has 1 aromatic rings.